The summed E-state index contributed by atoms with van der Waals surface area (Å²) in [5.74, 6) is 0.335. The zero-order chi connectivity index (χ0) is 58.0. The monoisotopic (exact) mass is 1080 g/mol. The van der Waals surface area contributed by atoms with Crippen LogP contribution in [0.2, 0.25) is 0 Å². The zero-order valence-electron chi connectivity index (χ0n) is 51.3. The molecule has 3 atom stereocenters. The molecule has 1 N–H and O–H groups in total. The number of cyclic esters (lactones) is 1. The summed E-state index contributed by atoms with van der Waals surface area (Å²) in [5.41, 5.74) is 15.1. The normalized spacial score (nSPS) is 13.5. The first kappa shape index (κ1) is 63.3. The molecule has 0 saturated heterocycles. The standard InChI is InChI=1S/C30H37N3O2.C25H31N3.C13H29FN2/c1-7-19-33(20-8-2)26-17-18-28-27(21-26)29(34)35-30(28,22-9-13-24(14-10-22)31(3)4)23-11-15-25(16-12-23)32(5)6;1-26(2)22-13-7-19(8-14-22)25(20-9-15-23(16-10-20)27(3)4)21-11-17-24(18-12-21)28(5)6;1-6-13(16(7-2)8-3)10-9-11(4)12(5)15-14/h9-18,21H,7-8,19-20H2,1-6H3;7-18,25H,1-6H3;11-13,15H,6-10H2,1-5H3. The number of hydrogen-bond acceptors (Lipinski definition) is 10. The lowest BCUT2D eigenvalue weighted by molar-refractivity contribution is 0.0251. The fourth-order valence-corrected chi connectivity index (χ4v) is 10.6. The molecule has 0 bridgehead atoms. The highest BCUT2D eigenvalue weighted by atomic mass is 19.2. The van der Waals surface area contributed by atoms with E-state index in [2.05, 4.69) is 252 Å². The van der Waals surface area contributed by atoms with Crippen molar-refractivity contribution >= 4 is 40.1 Å². The Labute approximate surface area is 477 Å². The minimum Gasteiger partial charge on any atom is -0.441 e. The highest BCUT2D eigenvalue weighted by Crippen LogP contribution is 2.48. The van der Waals surface area contributed by atoms with Gasteiger partial charge in [0.1, 0.15) is 0 Å². The number of carbonyl (C=O) groups excluding carboxylic acids is 1. The second-order valence-corrected chi connectivity index (χ2v) is 22.3. The maximum Gasteiger partial charge on any atom is 0.340 e. The van der Waals surface area contributed by atoms with Crippen LogP contribution in [0.5, 0.6) is 0 Å². The summed E-state index contributed by atoms with van der Waals surface area (Å²) < 4.78 is 18.6. The molecule has 0 fully saturated rings. The Morgan fingerprint density at radius 3 is 1.16 bits per heavy atom. The lowest BCUT2D eigenvalue weighted by Crippen LogP contribution is -2.35. The molecule has 7 rings (SSSR count). The maximum atomic E-state index is 13.4. The SMILES string of the molecule is CCC(CCC(C)C(C)NF)N(CC)CC.CCCN(CCC)c1ccc2c(c1)C(=O)OC2(c1ccc(N(C)C)cc1)c1ccc(N(C)C)cc1.CN(C)c1ccc(C(c2ccc(N(C)C)cc2)c2ccc(N(C)C)cc2)cc1. The molecule has 3 unspecified atom stereocenters. The largest absolute Gasteiger partial charge is 0.441 e. The van der Waals surface area contributed by atoms with Gasteiger partial charge in [0.2, 0.25) is 0 Å². The van der Waals surface area contributed by atoms with Gasteiger partial charge in [-0.2, -0.15) is 5.54 Å². The molecule has 0 spiro atoms. The van der Waals surface area contributed by atoms with Crippen LogP contribution in [0.4, 0.5) is 38.6 Å². The molecule has 0 aliphatic carbocycles. The Hall–Kier alpha value is -6.56. The number of nitrogens with one attached hydrogen (secondary N) is 1. The summed E-state index contributed by atoms with van der Waals surface area (Å²) in [6, 6.07) is 50.2. The van der Waals surface area contributed by atoms with E-state index in [-0.39, 0.29) is 17.9 Å². The lowest BCUT2D eigenvalue weighted by Gasteiger charge is -2.31. The van der Waals surface area contributed by atoms with Crippen LogP contribution >= 0.6 is 0 Å². The van der Waals surface area contributed by atoms with E-state index < -0.39 is 5.60 Å². The average molecular weight is 1080 g/mol. The van der Waals surface area contributed by atoms with Crippen molar-refractivity contribution in [3.63, 3.8) is 0 Å². The van der Waals surface area contributed by atoms with Gasteiger partial charge >= 0.3 is 5.97 Å². The van der Waals surface area contributed by atoms with E-state index in [1.807, 2.05) is 46.7 Å². The van der Waals surface area contributed by atoms with Crippen molar-refractivity contribution in [2.24, 2.45) is 5.92 Å². The summed E-state index contributed by atoms with van der Waals surface area (Å²) in [6.45, 7) is 19.2. The molecular formula is C68H97FN8O2. The van der Waals surface area contributed by atoms with Crippen molar-refractivity contribution in [2.75, 3.05) is 126 Å². The number of anilines is 6. The first-order valence-electron chi connectivity index (χ1n) is 28.9. The van der Waals surface area contributed by atoms with Gasteiger partial charge in [0, 0.05) is 152 Å². The average Bonchev–Trinajstić information content (AvgIpc) is 4.01. The van der Waals surface area contributed by atoms with Crippen molar-refractivity contribution in [3.8, 4) is 0 Å². The van der Waals surface area contributed by atoms with E-state index in [1.165, 1.54) is 46.6 Å². The van der Waals surface area contributed by atoms with Crippen LogP contribution in [0.15, 0.2) is 140 Å². The van der Waals surface area contributed by atoms with Gasteiger partial charge in [-0.3, -0.25) is 0 Å². The van der Waals surface area contributed by atoms with Gasteiger partial charge in [-0.1, -0.05) is 108 Å². The number of ether oxygens (including phenoxy) is 1. The van der Waals surface area contributed by atoms with E-state index in [0.717, 1.165) is 79.2 Å². The number of nitrogens with zero attached hydrogens (tertiary/aromatic N) is 7. The molecule has 0 aromatic heterocycles. The highest BCUT2D eigenvalue weighted by Gasteiger charge is 2.49. The van der Waals surface area contributed by atoms with E-state index >= 15 is 0 Å². The smallest absolute Gasteiger partial charge is 0.340 e. The molecule has 428 valence electrons. The molecular weight excluding hydrogens is 980 g/mol. The summed E-state index contributed by atoms with van der Waals surface area (Å²) in [4.78, 5) is 28.8. The van der Waals surface area contributed by atoms with Crippen LogP contribution in [-0.2, 0) is 10.3 Å². The maximum absolute atomic E-state index is 13.4. The lowest BCUT2D eigenvalue weighted by atomic mass is 9.79. The first-order chi connectivity index (χ1) is 37.8. The third-order valence-electron chi connectivity index (χ3n) is 15.8. The predicted octanol–water partition coefficient (Wildman–Crippen LogP) is 14.4. The molecule has 0 saturated carbocycles. The molecule has 1 aliphatic rings. The molecule has 6 aromatic rings. The topological polar surface area (TPSA) is 61.0 Å². The highest BCUT2D eigenvalue weighted by molar-refractivity contribution is 5.97. The summed E-state index contributed by atoms with van der Waals surface area (Å²) in [6.07, 6.45) is 5.56. The Morgan fingerprint density at radius 2 is 0.848 bits per heavy atom. The molecule has 6 aromatic carbocycles. The minimum atomic E-state index is -0.985. The van der Waals surface area contributed by atoms with E-state index in [1.54, 1.807) is 0 Å². The summed E-state index contributed by atoms with van der Waals surface area (Å²) in [5, 5.41) is 0. The Bertz CT molecular complexity index is 2540. The van der Waals surface area contributed by atoms with Crippen molar-refractivity contribution < 1.29 is 14.0 Å². The van der Waals surface area contributed by atoms with Crippen molar-refractivity contribution in [2.45, 2.75) is 104 Å². The second-order valence-electron chi connectivity index (χ2n) is 22.3. The van der Waals surface area contributed by atoms with Gasteiger partial charge < -0.3 is 39.0 Å². The number of rotatable bonds is 24. The van der Waals surface area contributed by atoms with Crippen molar-refractivity contribution in [1.82, 2.24) is 10.4 Å². The quantitative estimate of drug-likeness (QED) is 0.0360. The van der Waals surface area contributed by atoms with Crippen LogP contribution in [0.3, 0.4) is 0 Å². The second kappa shape index (κ2) is 30.1. The third kappa shape index (κ3) is 16.1. The van der Waals surface area contributed by atoms with E-state index in [4.69, 9.17) is 4.74 Å². The molecule has 11 heteroatoms. The fourth-order valence-electron chi connectivity index (χ4n) is 10.6. The van der Waals surface area contributed by atoms with Gasteiger partial charge in [0.25, 0.3) is 0 Å². The number of carbonyl (C=O) groups is 1. The van der Waals surface area contributed by atoms with Crippen molar-refractivity contribution in [3.05, 3.63) is 178 Å². The van der Waals surface area contributed by atoms with Crippen LogP contribution in [0.1, 0.15) is 130 Å². The molecule has 1 heterocycles. The number of fused-ring (bicyclic) bond motifs is 1. The van der Waals surface area contributed by atoms with Gasteiger partial charge in [0.15, 0.2) is 5.60 Å². The van der Waals surface area contributed by atoms with Crippen LogP contribution in [0, 0.1) is 5.92 Å². The predicted molar refractivity (Wildman–Crippen MR) is 338 cm³/mol. The first-order valence-corrected chi connectivity index (χ1v) is 28.9. The summed E-state index contributed by atoms with van der Waals surface area (Å²) >= 11 is 0. The van der Waals surface area contributed by atoms with Gasteiger partial charge in [-0.05, 0) is 148 Å². The number of benzene rings is 6. The molecule has 0 radical (unpaired) electrons. The molecule has 1 aliphatic heterocycles. The Morgan fingerprint density at radius 1 is 0.494 bits per heavy atom. The van der Waals surface area contributed by atoms with Gasteiger partial charge in [0.05, 0.1) is 5.56 Å². The summed E-state index contributed by atoms with van der Waals surface area (Å²) in [7, 11) is 20.5. The van der Waals surface area contributed by atoms with Gasteiger partial charge in [-0.25, -0.2) is 4.79 Å². The Kier molecular flexibility index (Phi) is 24.1. The molecule has 79 heavy (non-hydrogen) atoms. The fraction of sp³-hybridized carbons (Fsp3) is 0.456. The number of halogens is 1. The molecule has 10 nitrogen and oxygen atoms in total. The minimum absolute atomic E-state index is 0.0331. The van der Waals surface area contributed by atoms with Crippen LogP contribution in [0.25, 0.3) is 0 Å². The number of hydrogen-bond donors (Lipinski definition) is 1. The van der Waals surface area contributed by atoms with Crippen LogP contribution < -0.4 is 34.9 Å². The third-order valence-corrected chi connectivity index (χ3v) is 15.8. The van der Waals surface area contributed by atoms with Crippen molar-refractivity contribution in [1.29, 1.82) is 0 Å². The van der Waals surface area contributed by atoms with Gasteiger partial charge in [-0.15, -0.1) is 4.48 Å². The number of esters is 1. The van der Waals surface area contributed by atoms with E-state index in [0.29, 0.717) is 17.5 Å². The zero-order valence-corrected chi connectivity index (χ0v) is 51.3. The van der Waals surface area contributed by atoms with Crippen LogP contribution in [-0.4, -0.2) is 120 Å². The van der Waals surface area contributed by atoms with E-state index in [9.17, 15) is 9.28 Å². The Balaban J connectivity index is 0.000000234. The molecule has 0 amide bonds.